The fraction of sp³-hybridized carbons (Fsp3) is 0.632. The van der Waals surface area contributed by atoms with Crippen molar-refractivity contribution in [2.75, 3.05) is 43.9 Å². The first kappa shape index (κ1) is 21.5. The van der Waals surface area contributed by atoms with Gasteiger partial charge in [-0.25, -0.2) is 13.1 Å². The van der Waals surface area contributed by atoms with Crippen molar-refractivity contribution < 1.29 is 8.42 Å². The molecule has 1 aliphatic heterocycles. The molecule has 0 bridgehead atoms. The lowest BCUT2D eigenvalue weighted by Crippen LogP contribution is -2.39. The van der Waals surface area contributed by atoms with E-state index in [1.807, 2.05) is 6.92 Å². The van der Waals surface area contributed by atoms with Crippen LogP contribution in [0.15, 0.2) is 29.3 Å². The van der Waals surface area contributed by atoms with Gasteiger partial charge < -0.3 is 15.5 Å². The van der Waals surface area contributed by atoms with Gasteiger partial charge in [0, 0.05) is 38.4 Å². The van der Waals surface area contributed by atoms with Gasteiger partial charge in [0.05, 0.1) is 12.3 Å². The zero-order valence-electron chi connectivity index (χ0n) is 16.7. The summed E-state index contributed by atoms with van der Waals surface area (Å²) >= 11 is 0. The van der Waals surface area contributed by atoms with Crippen LogP contribution < -0.4 is 20.3 Å². The lowest BCUT2D eigenvalue weighted by Gasteiger charge is -2.22. The van der Waals surface area contributed by atoms with E-state index in [0.29, 0.717) is 19.5 Å². The number of sulfonamides is 1. The molecule has 7 nitrogen and oxygen atoms in total. The van der Waals surface area contributed by atoms with E-state index in [1.165, 1.54) is 30.3 Å². The molecular formula is C19H33N5O2S. The van der Waals surface area contributed by atoms with E-state index >= 15 is 0 Å². The van der Waals surface area contributed by atoms with Crippen LogP contribution in [0.3, 0.4) is 0 Å². The first-order valence-corrected chi connectivity index (χ1v) is 11.6. The number of hydrogen-bond donors (Lipinski definition) is 3. The number of guanidine groups is 1. The van der Waals surface area contributed by atoms with Crippen LogP contribution in [0, 0.1) is 0 Å². The van der Waals surface area contributed by atoms with Gasteiger partial charge in [0.25, 0.3) is 0 Å². The van der Waals surface area contributed by atoms with Gasteiger partial charge in [-0.1, -0.05) is 12.1 Å². The second kappa shape index (κ2) is 10.5. The van der Waals surface area contributed by atoms with Gasteiger partial charge in [-0.05, 0) is 50.8 Å². The van der Waals surface area contributed by atoms with Gasteiger partial charge in [0.1, 0.15) is 0 Å². The summed E-state index contributed by atoms with van der Waals surface area (Å²) in [5.74, 6) is 0.746. The Hall–Kier alpha value is -1.80. The predicted molar refractivity (Wildman–Crippen MR) is 113 cm³/mol. The molecule has 8 heteroatoms. The second-order valence-corrected chi connectivity index (χ2v) is 8.77. The average molecular weight is 396 g/mol. The van der Waals surface area contributed by atoms with Crippen LogP contribution >= 0.6 is 0 Å². The molecule has 1 aromatic rings. The third kappa shape index (κ3) is 7.76. The van der Waals surface area contributed by atoms with Crippen molar-refractivity contribution in [3.8, 4) is 0 Å². The van der Waals surface area contributed by atoms with Gasteiger partial charge in [-0.3, -0.25) is 4.99 Å². The Morgan fingerprint density at radius 3 is 2.70 bits per heavy atom. The van der Waals surface area contributed by atoms with Crippen molar-refractivity contribution in [2.45, 2.75) is 39.2 Å². The van der Waals surface area contributed by atoms with E-state index in [2.05, 4.69) is 56.4 Å². The Bertz CT molecular complexity index is 715. The Morgan fingerprint density at radius 1 is 1.30 bits per heavy atom. The summed E-state index contributed by atoms with van der Waals surface area (Å²) in [4.78, 5) is 6.98. The minimum Gasteiger partial charge on any atom is -0.372 e. The van der Waals surface area contributed by atoms with Crippen molar-refractivity contribution >= 4 is 21.7 Å². The predicted octanol–water partition coefficient (Wildman–Crippen LogP) is 1.84. The molecule has 27 heavy (non-hydrogen) atoms. The van der Waals surface area contributed by atoms with Crippen LogP contribution in [0.1, 0.15) is 44.7 Å². The maximum Gasteiger partial charge on any atom is 0.208 e. The largest absolute Gasteiger partial charge is 0.372 e. The van der Waals surface area contributed by atoms with Crippen molar-refractivity contribution in [3.05, 3.63) is 29.8 Å². The van der Waals surface area contributed by atoms with Crippen molar-refractivity contribution in [1.82, 2.24) is 15.4 Å². The van der Waals surface area contributed by atoms with Gasteiger partial charge in [0.15, 0.2) is 5.96 Å². The topological polar surface area (TPSA) is 85.8 Å². The van der Waals surface area contributed by atoms with Crippen LogP contribution in [0.5, 0.6) is 0 Å². The summed E-state index contributed by atoms with van der Waals surface area (Å²) in [5, 5.41) is 6.69. The summed E-state index contributed by atoms with van der Waals surface area (Å²) in [6, 6.07) is 8.80. The second-order valence-electron chi connectivity index (χ2n) is 6.94. The van der Waals surface area contributed by atoms with Crippen LogP contribution in [-0.2, 0) is 10.0 Å². The Balaban J connectivity index is 1.92. The molecule has 0 aromatic heterocycles. The molecule has 0 aliphatic carbocycles. The van der Waals surface area contributed by atoms with Crippen LogP contribution in [0.2, 0.25) is 0 Å². The summed E-state index contributed by atoms with van der Waals surface area (Å²) in [6.07, 6.45) is 4.36. The molecule has 0 spiro atoms. The molecule has 3 N–H and O–H groups in total. The smallest absolute Gasteiger partial charge is 0.208 e. The first-order valence-electron chi connectivity index (χ1n) is 9.73. The van der Waals surface area contributed by atoms with Crippen LogP contribution in [-0.4, -0.2) is 53.4 Å². The van der Waals surface area contributed by atoms with E-state index in [4.69, 9.17) is 0 Å². The fourth-order valence-electron chi connectivity index (χ4n) is 3.10. The average Bonchev–Trinajstić information content (AvgIpc) is 3.15. The van der Waals surface area contributed by atoms with Gasteiger partial charge >= 0.3 is 0 Å². The molecule has 0 amide bonds. The third-order valence-electron chi connectivity index (χ3n) is 4.51. The quantitative estimate of drug-likeness (QED) is 0.337. The zero-order valence-corrected chi connectivity index (χ0v) is 17.5. The van der Waals surface area contributed by atoms with E-state index in [9.17, 15) is 8.42 Å². The number of rotatable bonds is 9. The van der Waals surface area contributed by atoms with Crippen molar-refractivity contribution in [3.63, 3.8) is 0 Å². The summed E-state index contributed by atoms with van der Waals surface area (Å²) in [7, 11) is -3.14. The fourth-order valence-corrected chi connectivity index (χ4v) is 3.62. The minimum absolute atomic E-state index is 0.125. The molecule has 1 aromatic carbocycles. The molecule has 0 saturated carbocycles. The van der Waals surface area contributed by atoms with Crippen molar-refractivity contribution in [2.24, 2.45) is 4.99 Å². The number of nitrogens with one attached hydrogen (secondary N) is 3. The molecule has 152 valence electrons. The maximum atomic E-state index is 11.1. The molecule has 2 rings (SSSR count). The highest BCUT2D eigenvalue weighted by Gasteiger charge is 2.14. The van der Waals surface area contributed by atoms with Crippen molar-refractivity contribution in [1.29, 1.82) is 0 Å². The highest BCUT2D eigenvalue weighted by Crippen LogP contribution is 2.23. The van der Waals surface area contributed by atoms with E-state index in [0.717, 1.165) is 25.6 Å². The van der Waals surface area contributed by atoms with Gasteiger partial charge in [-0.2, -0.15) is 0 Å². The summed E-state index contributed by atoms with van der Waals surface area (Å²) in [6.45, 7) is 8.15. The highest BCUT2D eigenvalue weighted by atomic mass is 32.2. The lowest BCUT2D eigenvalue weighted by molar-refractivity contribution is 0.585. The molecule has 1 saturated heterocycles. The van der Waals surface area contributed by atoms with Crippen LogP contribution in [0.25, 0.3) is 0 Å². The first-order chi connectivity index (χ1) is 12.9. The monoisotopic (exact) mass is 395 g/mol. The molecule has 0 radical (unpaired) electrons. The van der Waals surface area contributed by atoms with Gasteiger partial charge in [-0.15, -0.1) is 0 Å². The number of benzene rings is 1. The van der Waals surface area contributed by atoms with E-state index in [-0.39, 0.29) is 6.04 Å². The zero-order chi connectivity index (χ0) is 19.7. The Kier molecular flexibility index (Phi) is 8.37. The molecule has 1 atom stereocenters. The Morgan fingerprint density at radius 2 is 2.04 bits per heavy atom. The lowest BCUT2D eigenvalue weighted by atomic mass is 10.1. The number of nitrogens with zero attached hydrogens (tertiary/aromatic N) is 2. The summed E-state index contributed by atoms with van der Waals surface area (Å²) in [5.41, 5.74) is 2.51. The molecular weight excluding hydrogens is 362 g/mol. The normalized spacial score (nSPS) is 16.4. The van der Waals surface area contributed by atoms with E-state index < -0.39 is 10.0 Å². The number of anilines is 1. The highest BCUT2D eigenvalue weighted by molar-refractivity contribution is 7.88. The number of hydrogen-bond acceptors (Lipinski definition) is 4. The molecule has 1 heterocycles. The third-order valence-corrected chi connectivity index (χ3v) is 5.24. The number of aliphatic imine (C=N–C) groups is 1. The minimum atomic E-state index is -3.14. The Labute approximate surface area is 163 Å². The van der Waals surface area contributed by atoms with E-state index in [1.54, 1.807) is 0 Å². The standard InChI is InChI=1S/C19H33N5O2S/c1-4-20-19(21-11-8-12-22-27(3,25)26)23-16(2)17-9-7-10-18(15-17)24-13-5-6-14-24/h7,9-10,15-16,22H,4-6,8,11-14H2,1-3H3,(H2,20,21,23). The maximum absolute atomic E-state index is 11.1. The molecule has 1 unspecified atom stereocenters. The summed E-state index contributed by atoms with van der Waals surface area (Å²) < 4.78 is 24.6. The SMILES string of the molecule is CCNC(=NCCCNS(C)(=O)=O)NC(C)c1cccc(N2CCCC2)c1. The van der Waals surface area contributed by atoms with Crippen LogP contribution in [0.4, 0.5) is 5.69 Å². The van der Waals surface area contributed by atoms with Gasteiger partial charge in [0.2, 0.25) is 10.0 Å². The molecule has 1 fully saturated rings. The molecule has 1 aliphatic rings.